The monoisotopic (exact) mass is 494 g/mol. The van der Waals surface area contributed by atoms with E-state index in [2.05, 4.69) is 26.5 Å². The van der Waals surface area contributed by atoms with E-state index in [0.717, 1.165) is 69.0 Å². The van der Waals surface area contributed by atoms with Crippen molar-refractivity contribution in [1.29, 1.82) is 0 Å². The Balaban J connectivity index is 1.50. The van der Waals surface area contributed by atoms with Crippen molar-refractivity contribution in [2.45, 2.75) is 32.1 Å². The number of hydrogen-bond acceptors (Lipinski definition) is 6. The number of ether oxygens (including phenoxy) is 2. The van der Waals surface area contributed by atoms with Gasteiger partial charge in [0.1, 0.15) is 5.75 Å². The summed E-state index contributed by atoms with van der Waals surface area (Å²) in [6, 6.07) is 13.7. The molecule has 0 aromatic heterocycles. The van der Waals surface area contributed by atoms with Crippen LogP contribution in [0.25, 0.3) is 0 Å². The largest absolute Gasteiger partial charge is 0.495 e. The van der Waals surface area contributed by atoms with Crippen LogP contribution in [0.2, 0.25) is 0 Å². The Labute approximate surface area is 213 Å². The van der Waals surface area contributed by atoms with Gasteiger partial charge in [-0.15, -0.1) is 0 Å². The Morgan fingerprint density at radius 2 is 1.61 bits per heavy atom. The van der Waals surface area contributed by atoms with Crippen molar-refractivity contribution >= 4 is 28.9 Å². The van der Waals surface area contributed by atoms with Gasteiger partial charge in [-0.25, -0.2) is 0 Å². The van der Waals surface area contributed by atoms with Gasteiger partial charge in [-0.2, -0.15) is 0 Å². The number of carbonyl (C=O) groups excluding carboxylic acids is 2. The van der Waals surface area contributed by atoms with Crippen molar-refractivity contribution < 1.29 is 19.1 Å². The van der Waals surface area contributed by atoms with E-state index < -0.39 is 0 Å². The van der Waals surface area contributed by atoms with Gasteiger partial charge < -0.3 is 29.9 Å². The average Bonchev–Trinajstić information content (AvgIpc) is 2.93. The van der Waals surface area contributed by atoms with E-state index in [-0.39, 0.29) is 17.7 Å². The first-order valence-electron chi connectivity index (χ1n) is 13.0. The highest BCUT2D eigenvalue weighted by Crippen LogP contribution is 2.31. The van der Waals surface area contributed by atoms with Gasteiger partial charge in [-0.05, 0) is 43.2 Å². The third kappa shape index (κ3) is 6.29. The minimum Gasteiger partial charge on any atom is -0.495 e. The topological polar surface area (TPSA) is 83.1 Å². The van der Waals surface area contributed by atoms with Crippen LogP contribution in [0.3, 0.4) is 0 Å². The van der Waals surface area contributed by atoms with Crippen LogP contribution in [-0.4, -0.2) is 65.4 Å². The van der Waals surface area contributed by atoms with Crippen molar-refractivity contribution in [1.82, 2.24) is 5.32 Å². The molecule has 2 amide bonds. The quantitative estimate of drug-likeness (QED) is 0.514. The Hall–Kier alpha value is -3.26. The molecule has 1 aliphatic carbocycles. The molecular weight excluding hydrogens is 456 g/mol. The van der Waals surface area contributed by atoms with E-state index in [1.807, 2.05) is 36.4 Å². The first-order valence-corrected chi connectivity index (χ1v) is 13.0. The zero-order chi connectivity index (χ0) is 25.3. The van der Waals surface area contributed by atoms with Gasteiger partial charge in [0.15, 0.2) is 0 Å². The Morgan fingerprint density at radius 1 is 0.917 bits per heavy atom. The van der Waals surface area contributed by atoms with Crippen molar-refractivity contribution in [3.05, 3.63) is 48.0 Å². The number of para-hydroxylation sites is 2. The number of benzene rings is 2. The standard InChI is InChI=1S/C28H38N4O4/c1-35-19-14-29-28(34)23-20-22(30-27(33)21-8-4-3-5-9-21)12-13-24(23)31-15-17-32(18-16-31)25-10-6-7-11-26(25)36-2/h6-7,10-13,20-21H,3-5,8-9,14-19H2,1-2H3,(H,29,34)(H,30,33). The van der Waals surface area contributed by atoms with Crippen molar-refractivity contribution in [2.75, 3.05) is 68.7 Å². The van der Waals surface area contributed by atoms with Gasteiger partial charge in [-0.1, -0.05) is 31.4 Å². The van der Waals surface area contributed by atoms with Crippen LogP contribution in [0.5, 0.6) is 5.75 Å². The summed E-state index contributed by atoms with van der Waals surface area (Å²) >= 11 is 0. The summed E-state index contributed by atoms with van der Waals surface area (Å²) in [5, 5.41) is 6.00. The van der Waals surface area contributed by atoms with Crippen molar-refractivity contribution in [3.8, 4) is 5.75 Å². The fourth-order valence-corrected chi connectivity index (χ4v) is 5.12. The summed E-state index contributed by atoms with van der Waals surface area (Å²) in [5.74, 6) is 0.810. The molecule has 1 saturated heterocycles. The van der Waals surface area contributed by atoms with Crippen LogP contribution in [0.4, 0.5) is 17.1 Å². The molecule has 0 bridgehead atoms. The van der Waals surface area contributed by atoms with Gasteiger partial charge in [-0.3, -0.25) is 9.59 Å². The van der Waals surface area contributed by atoms with E-state index in [4.69, 9.17) is 9.47 Å². The molecule has 0 radical (unpaired) electrons. The van der Waals surface area contributed by atoms with E-state index in [1.54, 1.807) is 14.2 Å². The molecule has 1 aliphatic heterocycles. The van der Waals surface area contributed by atoms with Gasteiger partial charge >= 0.3 is 0 Å². The van der Waals surface area contributed by atoms with Crippen molar-refractivity contribution in [3.63, 3.8) is 0 Å². The molecule has 0 unspecified atom stereocenters. The normalized spacial score (nSPS) is 16.5. The number of carbonyl (C=O) groups is 2. The number of nitrogens with zero attached hydrogens (tertiary/aromatic N) is 2. The second-order valence-corrected chi connectivity index (χ2v) is 9.45. The van der Waals surface area contributed by atoms with Gasteiger partial charge in [0.05, 0.1) is 25.0 Å². The SMILES string of the molecule is COCCNC(=O)c1cc(NC(=O)C2CCCCC2)ccc1N1CCN(c2ccccc2OC)CC1. The fourth-order valence-electron chi connectivity index (χ4n) is 5.12. The molecule has 8 heteroatoms. The second-order valence-electron chi connectivity index (χ2n) is 9.45. The predicted octanol–water partition coefficient (Wildman–Crippen LogP) is 3.92. The smallest absolute Gasteiger partial charge is 0.253 e. The van der Waals surface area contributed by atoms with Crippen LogP contribution >= 0.6 is 0 Å². The summed E-state index contributed by atoms with van der Waals surface area (Å²) in [6.07, 6.45) is 5.28. The summed E-state index contributed by atoms with van der Waals surface area (Å²) in [5.41, 5.74) is 3.19. The first kappa shape index (κ1) is 25.8. The maximum Gasteiger partial charge on any atom is 0.253 e. The first-order chi connectivity index (χ1) is 17.6. The summed E-state index contributed by atoms with van der Waals surface area (Å²) in [4.78, 5) is 30.5. The Morgan fingerprint density at radius 3 is 2.31 bits per heavy atom. The molecule has 0 spiro atoms. The number of methoxy groups -OCH3 is 2. The Kier molecular flexibility index (Phi) is 9.06. The molecule has 8 nitrogen and oxygen atoms in total. The zero-order valence-corrected chi connectivity index (χ0v) is 21.4. The number of anilines is 3. The number of amides is 2. The maximum absolute atomic E-state index is 13.2. The summed E-state index contributed by atoms with van der Waals surface area (Å²) < 4.78 is 10.6. The lowest BCUT2D eigenvalue weighted by Gasteiger charge is -2.38. The van der Waals surface area contributed by atoms with E-state index >= 15 is 0 Å². The molecule has 1 saturated carbocycles. The van der Waals surface area contributed by atoms with Gasteiger partial charge in [0.25, 0.3) is 5.91 Å². The molecule has 2 fully saturated rings. The van der Waals surface area contributed by atoms with Crippen LogP contribution in [-0.2, 0) is 9.53 Å². The van der Waals surface area contributed by atoms with Crippen molar-refractivity contribution in [2.24, 2.45) is 5.92 Å². The molecule has 2 aromatic rings. The fraction of sp³-hybridized carbons (Fsp3) is 0.500. The third-order valence-corrected chi connectivity index (χ3v) is 7.12. The molecule has 2 N–H and O–H groups in total. The number of piperazine rings is 1. The number of hydrogen-bond donors (Lipinski definition) is 2. The Bertz CT molecular complexity index is 1030. The summed E-state index contributed by atoms with van der Waals surface area (Å²) in [6.45, 7) is 4.02. The molecule has 2 aromatic carbocycles. The minimum absolute atomic E-state index is 0.0543. The highest BCUT2D eigenvalue weighted by molar-refractivity contribution is 6.02. The molecule has 0 atom stereocenters. The summed E-state index contributed by atoms with van der Waals surface area (Å²) in [7, 11) is 3.30. The number of nitrogens with one attached hydrogen (secondary N) is 2. The second kappa shape index (κ2) is 12.6. The molecule has 4 rings (SSSR count). The van der Waals surface area contributed by atoms with Crippen LogP contribution in [0, 0.1) is 5.92 Å². The van der Waals surface area contributed by atoms with Crippen LogP contribution in [0.15, 0.2) is 42.5 Å². The highest BCUT2D eigenvalue weighted by Gasteiger charge is 2.25. The van der Waals surface area contributed by atoms with E-state index in [9.17, 15) is 9.59 Å². The maximum atomic E-state index is 13.2. The lowest BCUT2D eigenvalue weighted by molar-refractivity contribution is -0.120. The van der Waals surface area contributed by atoms with Gasteiger partial charge in [0.2, 0.25) is 5.91 Å². The van der Waals surface area contributed by atoms with E-state index in [1.165, 1.54) is 6.42 Å². The minimum atomic E-state index is -0.164. The van der Waals surface area contributed by atoms with Crippen LogP contribution < -0.4 is 25.2 Å². The molecule has 36 heavy (non-hydrogen) atoms. The molecule has 194 valence electrons. The lowest BCUT2D eigenvalue weighted by Crippen LogP contribution is -2.47. The number of rotatable bonds is 9. The zero-order valence-electron chi connectivity index (χ0n) is 21.4. The molecule has 1 heterocycles. The van der Waals surface area contributed by atoms with Crippen LogP contribution in [0.1, 0.15) is 42.5 Å². The third-order valence-electron chi connectivity index (χ3n) is 7.12. The molecular formula is C28H38N4O4. The van der Waals surface area contributed by atoms with Gasteiger partial charge in [0, 0.05) is 57.1 Å². The van der Waals surface area contributed by atoms with E-state index in [0.29, 0.717) is 24.4 Å². The molecule has 2 aliphatic rings. The lowest BCUT2D eigenvalue weighted by atomic mass is 9.88. The highest BCUT2D eigenvalue weighted by atomic mass is 16.5. The predicted molar refractivity (Wildman–Crippen MR) is 143 cm³/mol. The average molecular weight is 495 g/mol.